The van der Waals surface area contributed by atoms with E-state index in [9.17, 15) is 10.1 Å². The molecule has 0 bridgehead atoms. The summed E-state index contributed by atoms with van der Waals surface area (Å²) in [6.07, 6.45) is 1.37. The molecule has 1 aromatic heterocycles. The lowest BCUT2D eigenvalue weighted by Crippen LogP contribution is -2.46. The third-order valence-electron chi connectivity index (χ3n) is 4.84. The number of rotatable bonds is 6. The van der Waals surface area contributed by atoms with E-state index in [1.165, 1.54) is 6.33 Å². The molecule has 28 heavy (non-hydrogen) atoms. The lowest BCUT2D eigenvalue weighted by molar-refractivity contribution is -0.383. The maximum atomic E-state index is 11.6. The van der Waals surface area contributed by atoms with Gasteiger partial charge in [-0.2, -0.15) is 0 Å². The number of nitrogens with zero attached hydrogens (tertiary/aromatic N) is 5. The van der Waals surface area contributed by atoms with Crippen molar-refractivity contribution in [2.45, 2.75) is 13.5 Å². The third kappa shape index (κ3) is 3.63. The van der Waals surface area contributed by atoms with Crippen LogP contribution in [0.15, 0.2) is 24.5 Å². The molecule has 10 nitrogen and oxygen atoms in total. The molecule has 3 heterocycles. The highest BCUT2D eigenvalue weighted by Crippen LogP contribution is 2.34. The Hall–Kier alpha value is -3.14. The van der Waals surface area contributed by atoms with Gasteiger partial charge in [0.1, 0.15) is 6.33 Å². The first-order chi connectivity index (χ1) is 13.7. The predicted octanol–water partition coefficient (Wildman–Crippen LogP) is 1.87. The number of aromatic nitrogens is 2. The van der Waals surface area contributed by atoms with Gasteiger partial charge in [-0.1, -0.05) is 6.07 Å². The highest BCUT2D eigenvalue weighted by molar-refractivity contribution is 5.70. The van der Waals surface area contributed by atoms with Gasteiger partial charge in [0.05, 0.1) is 4.92 Å². The molecule has 0 unspecified atom stereocenters. The van der Waals surface area contributed by atoms with Crippen molar-refractivity contribution < 1.29 is 14.4 Å². The van der Waals surface area contributed by atoms with E-state index in [0.717, 1.165) is 36.7 Å². The normalized spacial score (nSPS) is 16.2. The average Bonchev–Trinajstić information content (AvgIpc) is 3.16. The minimum absolute atomic E-state index is 0.0615. The quantitative estimate of drug-likeness (QED) is 0.588. The monoisotopic (exact) mass is 386 g/mol. The number of anilines is 2. The second kappa shape index (κ2) is 7.85. The van der Waals surface area contributed by atoms with Crippen LogP contribution in [0.3, 0.4) is 0 Å². The molecule has 10 heteroatoms. The van der Waals surface area contributed by atoms with Crippen LogP contribution in [0.25, 0.3) is 0 Å². The topological polar surface area (TPSA) is 106 Å². The van der Waals surface area contributed by atoms with Crippen molar-refractivity contribution in [3.8, 4) is 11.5 Å². The van der Waals surface area contributed by atoms with Gasteiger partial charge in [-0.3, -0.25) is 15.0 Å². The number of piperazine rings is 1. The van der Waals surface area contributed by atoms with Crippen molar-refractivity contribution in [3.63, 3.8) is 0 Å². The van der Waals surface area contributed by atoms with Crippen molar-refractivity contribution >= 4 is 17.3 Å². The number of hydrogen-bond donors (Lipinski definition) is 1. The zero-order valence-corrected chi connectivity index (χ0v) is 15.6. The summed E-state index contributed by atoms with van der Waals surface area (Å²) in [5.74, 6) is 2.20. The van der Waals surface area contributed by atoms with Gasteiger partial charge in [-0.25, -0.2) is 9.97 Å². The van der Waals surface area contributed by atoms with Crippen molar-refractivity contribution in [3.05, 3.63) is 40.2 Å². The van der Waals surface area contributed by atoms with Gasteiger partial charge in [0.25, 0.3) is 0 Å². The fourth-order valence-corrected chi connectivity index (χ4v) is 3.48. The van der Waals surface area contributed by atoms with Gasteiger partial charge < -0.3 is 19.7 Å². The molecule has 0 radical (unpaired) electrons. The molecule has 2 aromatic rings. The van der Waals surface area contributed by atoms with Gasteiger partial charge in [0.2, 0.25) is 18.4 Å². The highest BCUT2D eigenvalue weighted by Gasteiger charge is 2.29. The Labute approximate surface area is 162 Å². The summed E-state index contributed by atoms with van der Waals surface area (Å²) in [7, 11) is 0. The van der Waals surface area contributed by atoms with E-state index < -0.39 is 4.92 Å². The summed E-state index contributed by atoms with van der Waals surface area (Å²) in [5, 5.41) is 14.5. The molecule has 1 saturated heterocycles. The maximum absolute atomic E-state index is 11.6. The fourth-order valence-electron chi connectivity index (χ4n) is 3.48. The summed E-state index contributed by atoms with van der Waals surface area (Å²) >= 11 is 0. The minimum atomic E-state index is -0.410. The van der Waals surface area contributed by atoms with Crippen LogP contribution in [0, 0.1) is 10.1 Å². The van der Waals surface area contributed by atoms with E-state index in [4.69, 9.17) is 9.47 Å². The van der Waals surface area contributed by atoms with Crippen LogP contribution in [0.1, 0.15) is 12.5 Å². The Kier molecular flexibility index (Phi) is 5.11. The van der Waals surface area contributed by atoms with Gasteiger partial charge in [0.15, 0.2) is 11.5 Å². The van der Waals surface area contributed by atoms with E-state index in [2.05, 4.69) is 20.2 Å². The van der Waals surface area contributed by atoms with Crippen molar-refractivity contribution in [1.29, 1.82) is 0 Å². The smallest absolute Gasteiger partial charge is 0.353 e. The van der Waals surface area contributed by atoms with Crippen LogP contribution in [-0.2, 0) is 6.54 Å². The number of nitrogens with one attached hydrogen (secondary N) is 1. The van der Waals surface area contributed by atoms with E-state index in [0.29, 0.717) is 25.5 Å². The molecule has 0 saturated carbocycles. The van der Waals surface area contributed by atoms with Crippen molar-refractivity contribution in [2.24, 2.45) is 0 Å². The lowest BCUT2D eigenvalue weighted by Gasteiger charge is -2.35. The average molecular weight is 386 g/mol. The van der Waals surface area contributed by atoms with Crippen molar-refractivity contribution in [2.75, 3.05) is 49.7 Å². The summed E-state index contributed by atoms with van der Waals surface area (Å²) in [4.78, 5) is 23.7. The Balaban J connectivity index is 1.43. The molecule has 1 N–H and O–H groups in total. The molecule has 0 atom stereocenters. The molecule has 1 fully saturated rings. The molecule has 0 spiro atoms. The first-order valence-electron chi connectivity index (χ1n) is 9.24. The predicted molar refractivity (Wildman–Crippen MR) is 103 cm³/mol. The van der Waals surface area contributed by atoms with Gasteiger partial charge >= 0.3 is 5.69 Å². The molecule has 1 aromatic carbocycles. The van der Waals surface area contributed by atoms with E-state index in [1.54, 1.807) is 0 Å². The molecule has 2 aliphatic heterocycles. The summed E-state index contributed by atoms with van der Waals surface area (Å²) in [6.45, 7) is 6.38. The largest absolute Gasteiger partial charge is 0.454 e. The molecule has 2 aliphatic rings. The fraction of sp³-hybridized carbons (Fsp3) is 0.444. The Bertz CT molecular complexity index is 869. The molecule has 0 amide bonds. The van der Waals surface area contributed by atoms with Crippen LogP contribution >= 0.6 is 0 Å². The zero-order chi connectivity index (χ0) is 19.5. The highest BCUT2D eigenvalue weighted by atomic mass is 16.7. The summed E-state index contributed by atoms with van der Waals surface area (Å²) in [5.41, 5.74) is 1.09. The Morgan fingerprint density at radius 2 is 1.96 bits per heavy atom. The number of ether oxygens (including phenoxy) is 2. The standard InChI is InChI=1S/C18H22N6O4/c1-2-19-17-16(24(25)26)18(21-11-20-17)23-7-5-22(6-8-23)10-13-3-4-14-15(9-13)28-12-27-14/h3-4,9,11H,2,5-8,10,12H2,1H3,(H,19,20,21). The van der Waals surface area contributed by atoms with E-state index in [-0.39, 0.29) is 18.3 Å². The molecular weight excluding hydrogens is 364 g/mol. The number of hydrogen-bond acceptors (Lipinski definition) is 9. The zero-order valence-electron chi connectivity index (χ0n) is 15.6. The second-order valence-corrected chi connectivity index (χ2v) is 6.63. The maximum Gasteiger partial charge on any atom is 0.353 e. The number of benzene rings is 1. The first-order valence-corrected chi connectivity index (χ1v) is 9.24. The summed E-state index contributed by atoms with van der Waals surface area (Å²) < 4.78 is 10.8. The van der Waals surface area contributed by atoms with Gasteiger partial charge in [-0.15, -0.1) is 0 Å². The number of fused-ring (bicyclic) bond motifs is 1. The Morgan fingerprint density at radius 3 is 2.71 bits per heavy atom. The molecule has 4 rings (SSSR count). The second-order valence-electron chi connectivity index (χ2n) is 6.63. The Morgan fingerprint density at radius 1 is 1.18 bits per heavy atom. The third-order valence-corrected chi connectivity index (χ3v) is 4.84. The van der Waals surface area contributed by atoms with Gasteiger partial charge in [-0.05, 0) is 24.6 Å². The van der Waals surface area contributed by atoms with Crippen LogP contribution in [-0.4, -0.2) is 59.3 Å². The summed E-state index contributed by atoms with van der Waals surface area (Å²) in [6, 6.07) is 5.98. The number of nitro groups is 1. The first kappa shape index (κ1) is 18.2. The van der Waals surface area contributed by atoms with Crippen LogP contribution in [0.4, 0.5) is 17.3 Å². The molecular formula is C18H22N6O4. The van der Waals surface area contributed by atoms with Crippen LogP contribution < -0.4 is 19.7 Å². The SMILES string of the molecule is CCNc1ncnc(N2CCN(Cc3ccc4c(c3)OCO4)CC2)c1[N+](=O)[O-]. The van der Waals surface area contributed by atoms with Gasteiger partial charge in [0, 0.05) is 39.3 Å². The van der Waals surface area contributed by atoms with Crippen molar-refractivity contribution in [1.82, 2.24) is 14.9 Å². The van der Waals surface area contributed by atoms with Crippen LogP contribution in [0.5, 0.6) is 11.5 Å². The lowest BCUT2D eigenvalue weighted by atomic mass is 10.1. The molecule has 148 valence electrons. The van der Waals surface area contributed by atoms with Crippen LogP contribution in [0.2, 0.25) is 0 Å². The molecule has 0 aliphatic carbocycles. The van der Waals surface area contributed by atoms with E-state index >= 15 is 0 Å². The van der Waals surface area contributed by atoms with E-state index in [1.807, 2.05) is 30.0 Å². The minimum Gasteiger partial charge on any atom is -0.454 e.